The Morgan fingerprint density at radius 2 is 2.32 bits per heavy atom. The zero-order valence-corrected chi connectivity index (χ0v) is 15.7. The zero-order valence-electron chi connectivity index (χ0n) is 15.7. The van der Waals surface area contributed by atoms with Gasteiger partial charge in [-0.1, -0.05) is 0 Å². The lowest BCUT2D eigenvalue weighted by molar-refractivity contribution is -0.126. The number of aromatic hydroxyl groups is 1. The Hall–Kier alpha value is -3.36. The molecular weight excluding hydrogens is 362 g/mol. The topological polar surface area (TPSA) is 115 Å². The van der Waals surface area contributed by atoms with Crippen molar-refractivity contribution in [2.24, 2.45) is 5.92 Å². The van der Waals surface area contributed by atoms with Crippen LogP contribution in [0.25, 0.3) is 11.5 Å². The molecule has 0 aliphatic carbocycles. The molecule has 28 heavy (non-hydrogen) atoms. The third-order valence-electron chi connectivity index (χ3n) is 4.93. The van der Waals surface area contributed by atoms with Crippen molar-refractivity contribution in [1.82, 2.24) is 25.1 Å². The van der Waals surface area contributed by atoms with E-state index in [0.29, 0.717) is 35.2 Å². The van der Waals surface area contributed by atoms with Crippen LogP contribution in [0.5, 0.6) is 11.5 Å². The Labute approximate surface area is 161 Å². The standard InChI is InChI=1S/C19H21N5O4/c1-11-14(23-19(28-11)12-3-5-15(25)16(7-12)27-2)8-20-18(26)13-4-6-17-21-10-22-24(17)9-13/h3,5,7,10,13,25H,4,6,8-9H2,1-2H3,(H,20,26). The third kappa shape index (κ3) is 3.42. The molecule has 1 aromatic carbocycles. The second-order valence-corrected chi connectivity index (χ2v) is 6.72. The number of oxazole rings is 1. The third-order valence-corrected chi connectivity index (χ3v) is 4.93. The lowest BCUT2D eigenvalue weighted by Gasteiger charge is -2.21. The first kappa shape index (κ1) is 18.0. The fourth-order valence-corrected chi connectivity index (χ4v) is 3.29. The molecule has 0 spiro atoms. The number of nitrogens with zero attached hydrogens (tertiary/aromatic N) is 4. The maximum atomic E-state index is 12.5. The van der Waals surface area contributed by atoms with Crippen LogP contribution < -0.4 is 10.1 Å². The summed E-state index contributed by atoms with van der Waals surface area (Å²) in [6, 6.07) is 4.88. The summed E-state index contributed by atoms with van der Waals surface area (Å²) in [5.41, 5.74) is 1.34. The zero-order chi connectivity index (χ0) is 19.7. The van der Waals surface area contributed by atoms with Gasteiger partial charge >= 0.3 is 0 Å². The van der Waals surface area contributed by atoms with Crippen LogP contribution in [-0.2, 0) is 24.3 Å². The normalized spacial score (nSPS) is 15.9. The van der Waals surface area contributed by atoms with Crippen molar-refractivity contribution in [3.63, 3.8) is 0 Å². The Kier molecular flexibility index (Phi) is 4.72. The molecule has 2 aromatic heterocycles. The summed E-state index contributed by atoms with van der Waals surface area (Å²) in [6.07, 6.45) is 3.02. The molecule has 3 heterocycles. The van der Waals surface area contributed by atoms with Gasteiger partial charge in [0.1, 0.15) is 23.6 Å². The molecule has 1 atom stereocenters. The van der Waals surface area contributed by atoms with Crippen molar-refractivity contribution in [3.05, 3.63) is 41.8 Å². The molecule has 3 aromatic rings. The monoisotopic (exact) mass is 383 g/mol. The van der Waals surface area contributed by atoms with E-state index in [9.17, 15) is 9.90 Å². The quantitative estimate of drug-likeness (QED) is 0.691. The molecule has 9 nitrogen and oxygen atoms in total. The van der Waals surface area contributed by atoms with Crippen LogP contribution in [-0.4, -0.2) is 37.9 Å². The molecule has 1 amide bonds. The van der Waals surface area contributed by atoms with Crippen LogP contribution in [0.4, 0.5) is 0 Å². The maximum absolute atomic E-state index is 12.5. The molecule has 0 saturated carbocycles. The van der Waals surface area contributed by atoms with Crippen molar-refractivity contribution in [1.29, 1.82) is 0 Å². The van der Waals surface area contributed by atoms with Crippen molar-refractivity contribution in [2.75, 3.05) is 7.11 Å². The average molecular weight is 383 g/mol. The van der Waals surface area contributed by atoms with Gasteiger partial charge < -0.3 is 19.6 Å². The fourth-order valence-electron chi connectivity index (χ4n) is 3.29. The van der Waals surface area contributed by atoms with E-state index in [4.69, 9.17) is 9.15 Å². The van der Waals surface area contributed by atoms with Crippen molar-refractivity contribution in [2.45, 2.75) is 32.9 Å². The Bertz CT molecular complexity index is 1010. The molecular formula is C19H21N5O4. The molecule has 4 rings (SSSR count). The number of nitrogens with one attached hydrogen (secondary N) is 1. The van der Waals surface area contributed by atoms with E-state index in [0.717, 1.165) is 18.7 Å². The smallest absolute Gasteiger partial charge is 0.226 e. The summed E-state index contributed by atoms with van der Waals surface area (Å²) in [5.74, 6) is 2.18. The van der Waals surface area contributed by atoms with Gasteiger partial charge in [-0.15, -0.1) is 0 Å². The minimum Gasteiger partial charge on any atom is -0.504 e. The van der Waals surface area contributed by atoms with Gasteiger partial charge in [0.05, 0.1) is 26.1 Å². The summed E-state index contributed by atoms with van der Waals surface area (Å²) in [7, 11) is 1.48. The molecule has 146 valence electrons. The number of aromatic nitrogens is 4. The number of amides is 1. The lowest BCUT2D eigenvalue weighted by Crippen LogP contribution is -2.36. The number of aryl methyl sites for hydroxylation is 2. The summed E-state index contributed by atoms with van der Waals surface area (Å²) in [5, 5.41) is 16.8. The summed E-state index contributed by atoms with van der Waals surface area (Å²) < 4.78 is 12.6. The SMILES string of the molecule is COc1cc(-c2nc(CNC(=O)C3CCc4ncnn4C3)c(C)o2)ccc1O. The van der Waals surface area contributed by atoms with Crippen LogP contribution in [0.1, 0.15) is 23.7 Å². The number of methoxy groups -OCH3 is 1. The average Bonchev–Trinajstić information content (AvgIpc) is 3.32. The van der Waals surface area contributed by atoms with E-state index in [2.05, 4.69) is 20.4 Å². The van der Waals surface area contributed by atoms with E-state index in [1.165, 1.54) is 19.5 Å². The molecule has 0 saturated heterocycles. The molecule has 0 radical (unpaired) electrons. The Morgan fingerprint density at radius 1 is 1.46 bits per heavy atom. The molecule has 0 bridgehead atoms. The van der Waals surface area contributed by atoms with Crippen molar-refractivity contribution >= 4 is 5.91 Å². The van der Waals surface area contributed by atoms with E-state index < -0.39 is 0 Å². The van der Waals surface area contributed by atoms with Gasteiger partial charge in [0.15, 0.2) is 11.5 Å². The first-order valence-electron chi connectivity index (χ1n) is 9.03. The number of benzene rings is 1. The number of carbonyl (C=O) groups is 1. The van der Waals surface area contributed by atoms with E-state index in [1.807, 2.05) is 0 Å². The fraction of sp³-hybridized carbons (Fsp3) is 0.368. The molecule has 9 heteroatoms. The predicted molar refractivity (Wildman–Crippen MR) is 98.6 cm³/mol. The molecule has 0 fully saturated rings. The first-order chi connectivity index (χ1) is 13.5. The van der Waals surface area contributed by atoms with E-state index in [-0.39, 0.29) is 24.1 Å². The highest BCUT2D eigenvalue weighted by Gasteiger charge is 2.26. The van der Waals surface area contributed by atoms with E-state index >= 15 is 0 Å². The Morgan fingerprint density at radius 3 is 3.14 bits per heavy atom. The van der Waals surface area contributed by atoms with Gasteiger partial charge in [-0.2, -0.15) is 5.10 Å². The Balaban J connectivity index is 1.43. The predicted octanol–water partition coefficient (Wildman–Crippen LogP) is 1.83. The number of hydrogen-bond acceptors (Lipinski definition) is 7. The molecule has 1 aliphatic rings. The van der Waals surface area contributed by atoms with Crippen LogP contribution in [0.2, 0.25) is 0 Å². The summed E-state index contributed by atoms with van der Waals surface area (Å²) in [6.45, 7) is 2.62. The second-order valence-electron chi connectivity index (χ2n) is 6.72. The lowest BCUT2D eigenvalue weighted by atomic mass is 9.99. The number of hydrogen-bond donors (Lipinski definition) is 2. The first-order valence-corrected chi connectivity index (χ1v) is 9.03. The number of ether oxygens (including phenoxy) is 1. The van der Waals surface area contributed by atoms with Gasteiger partial charge in [0, 0.05) is 12.0 Å². The highest BCUT2D eigenvalue weighted by Crippen LogP contribution is 2.31. The van der Waals surface area contributed by atoms with Gasteiger partial charge in [-0.3, -0.25) is 4.79 Å². The van der Waals surface area contributed by atoms with Gasteiger partial charge in [-0.25, -0.2) is 14.6 Å². The summed E-state index contributed by atoms with van der Waals surface area (Å²) >= 11 is 0. The van der Waals surface area contributed by atoms with Gasteiger partial charge in [0.2, 0.25) is 11.8 Å². The number of fused-ring (bicyclic) bond motifs is 1. The van der Waals surface area contributed by atoms with E-state index in [1.54, 1.807) is 23.7 Å². The molecule has 1 unspecified atom stereocenters. The van der Waals surface area contributed by atoms with Crippen molar-refractivity contribution < 1.29 is 19.1 Å². The van der Waals surface area contributed by atoms with Crippen LogP contribution >= 0.6 is 0 Å². The van der Waals surface area contributed by atoms with Gasteiger partial charge in [-0.05, 0) is 31.5 Å². The van der Waals surface area contributed by atoms with Crippen LogP contribution in [0, 0.1) is 12.8 Å². The number of rotatable bonds is 5. The minimum atomic E-state index is -0.137. The molecule has 1 aliphatic heterocycles. The largest absolute Gasteiger partial charge is 0.504 e. The minimum absolute atomic E-state index is 0.0311. The highest BCUT2D eigenvalue weighted by molar-refractivity contribution is 5.78. The maximum Gasteiger partial charge on any atom is 0.226 e. The second kappa shape index (κ2) is 7.34. The number of phenolic OH excluding ortho intramolecular Hbond substituents is 1. The van der Waals surface area contributed by atoms with Gasteiger partial charge in [0.25, 0.3) is 0 Å². The molecule has 2 N–H and O–H groups in total. The van der Waals surface area contributed by atoms with Crippen LogP contribution in [0.3, 0.4) is 0 Å². The summed E-state index contributed by atoms with van der Waals surface area (Å²) in [4.78, 5) is 21.2. The number of phenols is 1. The van der Waals surface area contributed by atoms with Crippen molar-refractivity contribution in [3.8, 4) is 23.0 Å². The van der Waals surface area contributed by atoms with Crippen LogP contribution in [0.15, 0.2) is 28.9 Å². The highest BCUT2D eigenvalue weighted by atomic mass is 16.5. The number of carbonyl (C=O) groups excluding carboxylic acids is 1.